The predicted molar refractivity (Wildman–Crippen MR) is 39.7 cm³/mol. The molecule has 0 fully saturated rings. The van der Waals surface area contributed by atoms with Crippen molar-refractivity contribution < 1.29 is 12.6 Å². The second-order valence-electron chi connectivity index (χ2n) is 2.36. The van der Waals surface area contributed by atoms with Gasteiger partial charge in [-0.05, 0) is 5.92 Å². The first-order chi connectivity index (χ1) is 4.52. The van der Waals surface area contributed by atoms with Crippen molar-refractivity contribution in [2.75, 3.05) is 5.75 Å². The molecular weight excluding hydrogens is 152 g/mol. The van der Waals surface area contributed by atoms with Crippen molar-refractivity contribution in [2.24, 2.45) is 5.92 Å². The van der Waals surface area contributed by atoms with E-state index in [0.717, 1.165) is 6.42 Å². The van der Waals surface area contributed by atoms with Crippen LogP contribution in [0.3, 0.4) is 0 Å². The minimum Gasteiger partial charge on any atom is -0.268 e. The summed E-state index contributed by atoms with van der Waals surface area (Å²) in [5.41, 5.74) is 0. The quantitative estimate of drug-likeness (QED) is 0.587. The highest BCUT2D eigenvalue weighted by atomic mass is 32.2. The van der Waals surface area contributed by atoms with Gasteiger partial charge in [-0.2, -0.15) is 8.42 Å². The topological polar surface area (TPSA) is 43.4 Å². The molecule has 1 radical (unpaired) electrons. The third kappa shape index (κ3) is 3.85. The molecule has 10 heavy (non-hydrogen) atoms. The minimum absolute atomic E-state index is 0.0625. The fourth-order valence-electron chi connectivity index (χ4n) is 0.514. The number of rotatable bonds is 4. The van der Waals surface area contributed by atoms with Gasteiger partial charge in [0.25, 0.3) is 10.1 Å². The summed E-state index contributed by atoms with van der Waals surface area (Å²) in [4.78, 5) is 0. The van der Waals surface area contributed by atoms with Gasteiger partial charge in [-0.25, -0.2) is 0 Å². The average molecular weight is 165 g/mol. The Balaban J connectivity index is 3.90. The van der Waals surface area contributed by atoms with Crippen LogP contribution in [0.15, 0.2) is 0 Å². The van der Waals surface area contributed by atoms with Gasteiger partial charge >= 0.3 is 0 Å². The summed E-state index contributed by atoms with van der Waals surface area (Å²) in [7, 11) is -0.485. The fourth-order valence-corrected chi connectivity index (χ4v) is 1.54. The lowest BCUT2D eigenvalue weighted by Gasteiger charge is -2.05. The van der Waals surface area contributed by atoms with Gasteiger partial charge in [-0.3, -0.25) is 4.18 Å². The molecule has 1 unspecified atom stereocenters. The van der Waals surface area contributed by atoms with Crippen LogP contribution >= 0.6 is 0 Å². The highest BCUT2D eigenvalue weighted by Gasteiger charge is 2.12. The van der Waals surface area contributed by atoms with E-state index in [2.05, 4.69) is 11.3 Å². The molecule has 0 aliphatic heterocycles. The molecule has 0 amide bonds. The zero-order valence-corrected chi connectivity index (χ0v) is 7.15. The van der Waals surface area contributed by atoms with Gasteiger partial charge in [-0.1, -0.05) is 20.3 Å². The Morgan fingerprint density at radius 2 is 2.10 bits per heavy atom. The van der Waals surface area contributed by atoms with E-state index in [4.69, 9.17) is 0 Å². The fraction of sp³-hybridized carbons (Fsp3) is 0.833. The maximum atomic E-state index is 10.7. The Morgan fingerprint density at radius 1 is 1.60 bits per heavy atom. The molecule has 1 atom stereocenters. The molecule has 0 aromatic carbocycles. The van der Waals surface area contributed by atoms with E-state index in [1.165, 1.54) is 0 Å². The zero-order valence-electron chi connectivity index (χ0n) is 6.33. The molecule has 61 valence electrons. The van der Waals surface area contributed by atoms with Gasteiger partial charge in [0, 0.05) is 0 Å². The molecule has 0 N–H and O–H groups in total. The van der Waals surface area contributed by atoms with Crippen molar-refractivity contribution >= 4 is 10.1 Å². The summed E-state index contributed by atoms with van der Waals surface area (Å²) in [5, 5.41) is 0. The zero-order chi connectivity index (χ0) is 8.20. The lowest BCUT2D eigenvalue weighted by molar-refractivity contribution is 0.427. The molecule has 4 heteroatoms. The van der Waals surface area contributed by atoms with Gasteiger partial charge < -0.3 is 0 Å². The highest BCUT2D eigenvalue weighted by Crippen LogP contribution is 2.05. The first-order valence-corrected chi connectivity index (χ1v) is 4.76. The van der Waals surface area contributed by atoms with E-state index >= 15 is 0 Å². The first kappa shape index (κ1) is 9.91. The lowest BCUT2D eigenvalue weighted by atomic mass is 10.2. The molecule has 0 aromatic rings. The number of hydrogen-bond acceptors (Lipinski definition) is 3. The molecule has 0 spiro atoms. The van der Waals surface area contributed by atoms with Crippen molar-refractivity contribution in [2.45, 2.75) is 20.3 Å². The number of hydrogen-bond donors (Lipinski definition) is 0. The predicted octanol–water partition coefficient (Wildman–Crippen LogP) is 1.17. The summed E-state index contributed by atoms with van der Waals surface area (Å²) in [5.74, 6) is 0.208. The van der Waals surface area contributed by atoms with E-state index in [9.17, 15) is 8.42 Å². The lowest BCUT2D eigenvalue weighted by Crippen LogP contribution is -2.13. The Hall–Kier alpha value is -0.0900. The van der Waals surface area contributed by atoms with Gasteiger partial charge in [-0.15, -0.1) is 0 Å². The summed E-state index contributed by atoms with van der Waals surface area (Å²) in [6.07, 6.45) is 0.836. The molecule has 0 aromatic heterocycles. The SMILES string of the molecule is [CH2]OS(=O)(=O)CC(C)CC. The molecule has 0 aliphatic rings. The third-order valence-corrected chi connectivity index (χ3v) is 2.70. The Morgan fingerprint density at radius 3 is 2.40 bits per heavy atom. The second-order valence-corrected chi connectivity index (χ2v) is 4.04. The smallest absolute Gasteiger partial charge is 0.267 e. The van der Waals surface area contributed by atoms with Gasteiger partial charge in [0.05, 0.1) is 12.9 Å². The maximum absolute atomic E-state index is 10.7. The molecular formula is C6H13O3S. The van der Waals surface area contributed by atoms with Crippen LogP contribution in [0.5, 0.6) is 0 Å². The van der Waals surface area contributed by atoms with Crippen LogP contribution in [0.25, 0.3) is 0 Å². The highest BCUT2D eigenvalue weighted by molar-refractivity contribution is 7.86. The third-order valence-electron chi connectivity index (χ3n) is 1.37. The van der Waals surface area contributed by atoms with Crippen LogP contribution in [0.4, 0.5) is 0 Å². The normalized spacial score (nSPS) is 15.1. The van der Waals surface area contributed by atoms with E-state index < -0.39 is 10.1 Å². The van der Waals surface area contributed by atoms with E-state index in [0.29, 0.717) is 0 Å². The van der Waals surface area contributed by atoms with Crippen molar-refractivity contribution in [1.82, 2.24) is 0 Å². The largest absolute Gasteiger partial charge is 0.268 e. The van der Waals surface area contributed by atoms with Gasteiger partial charge in [0.2, 0.25) is 0 Å². The van der Waals surface area contributed by atoms with E-state index in [1.54, 1.807) is 0 Å². The van der Waals surface area contributed by atoms with E-state index in [-0.39, 0.29) is 11.7 Å². The van der Waals surface area contributed by atoms with Crippen molar-refractivity contribution in [3.05, 3.63) is 7.11 Å². The maximum Gasteiger partial charge on any atom is 0.267 e. The second kappa shape index (κ2) is 3.93. The van der Waals surface area contributed by atoms with Gasteiger partial charge in [0.1, 0.15) is 0 Å². The van der Waals surface area contributed by atoms with Crippen LogP contribution < -0.4 is 0 Å². The molecule has 3 nitrogen and oxygen atoms in total. The standard InChI is InChI=1S/C6H13O3S/c1-4-6(2)5-10(7,8)9-3/h6H,3-5H2,1-2H3. The van der Waals surface area contributed by atoms with Crippen molar-refractivity contribution in [1.29, 1.82) is 0 Å². The Kier molecular flexibility index (Phi) is 3.89. The summed E-state index contributed by atoms with van der Waals surface area (Å²) >= 11 is 0. The summed E-state index contributed by atoms with van der Waals surface area (Å²) in [6, 6.07) is 0. The van der Waals surface area contributed by atoms with Crippen LogP contribution in [0.1, 0.15) is 20.3 Å². The molecule has 0 aliphatic carbocycles. The first-order valence-electron chi connectivity index (χ1n) is 3.18. The van der Waals surface area contributed by atoms with Crippen LogP contribution in [0.2, 0.25) is 0 Å². The van der Waals surface area contributed by atoms with Crippen LogP contribution in [-0.4, -0.2) is 14.2 Å². The summed E-state index contributed by atoms with van der Waals surface area (Å²) < 4.78 is 25.4. The monoisotopic (exact) mass is 165 g/mol. The minimum atomic E-state index is -3.34. The summed E-state index contributed by atoms with van der Waals surface area (Å²) in [6.45, 7) is 3.79. The Labute approximate surface area is 62.5 Å². The average Bonchev–Trinajstić information content (AvgIpc) is 1.87. The Bertz CT molecular complexity index is 171. The molecule has 0 heterocycles. The van der Waals surface area contributed by atoms with Crippen LogP contribution in [0, 0.1) is 13.0 Å². The van der Waals surface area contributed by atoms with Gasteiger partial charge in [0.15, 0.2) is 0 Å². The molecule has 0 saturated carbocycles. The van der Waals surface area contributed by atoms with Crippen molar-refractivity contribution in [3.8, 4) is 0 Å². The molecule has 0 bridgehead atoms. The molecule has 0 rings (SSSR count). The van der Waals surface area contributed by atoms with E-state index in [1.807, 2.05) is 13.8 Å². The molecule has 0 saturated heterocycles. The van der Waals surface area contributed by atoms with Crippen LogP contribution in [-0.2, 0) is 14.3 Å². The van der Waals surface area contributed by atoms with Crippen molar-refractivity contribution in [3.63, 3.8) is 0 Å².